The zero-order valence-electron chi connectivity index (χ0n) is 11.4. The highest BCUT2D eigenvalue weighted by molar-refractivity contribution is 5.87. The maximum absolute atomic E-state index is 12.3. The number of nitrogens with zero attached hydrogens (tertiary/aromatic N) is 3. The van der Waals surface area contributed by atoms with Gasteiger partial charge in [-0.25, -0.2) is 4.79 Å². The van der Waals surface area contributed by atoms with Gasteiger partial charge in [0, 0.05) is 19.5 Å². The van der Waals surface area contributed by atoms with Gasteiger partial charge >= 0.3 is 18.1 Å². The largest absolute Gasteiger partial charge is 0.471 e. The molecule has 1 saturated heterocycles. The minimum atomic E-state index is -4.69. The molecule has 0 unspecified atom stereocenters. The number of hydrogen-bond acceptors (Lipinski definition) is 5. The van der Waals surface area contributed by atoms with Crippen molar-refractivity contribution in [2.75, 3.05) is 13.1 Å². The van der Waals surface area contributed by atoms with Gasteiger partial charge in [-0.05, 0) is 12.8 Å². The lowest BCUT2D eigenvalue weighted by atomic mass is 10.2. The number of nitrogens with two attached hydrogens (primary N) is 1. The van der Waals surface area contributed by atoms with E-state index in [1.807, 2.05) is 0 Å². The number of hydrogen-bond donors (Lipinski definition) is 2. The van der Waals surface area contributed by atoms with Crippen LogP contribution in [-0.2, 0) is 17.4 Å². The molecule has 22 heavy (non-hydrogen) atoms. The van der Waals surface area contributed by atoms with Crippen molar-refractivity contribution in [3.63, 3.8) is 0 Å². The first-order valence-corrected chi connectivity index (χ1v) is 6.52. The summed E-state index contributed by atoms with van der Waals surface area (Å²) in [6, 6.07) is -1.32. The van der Waals surface area contributed by atoms with Crippen molar-refractivity contribution >= 4 is 11.9 Å². The molecule has 122 valence electrons. The highest BCUT2D eigenvalue weighted by Gasteiger charge is 2.38. The van der Waals surface area contributed by atoms with Crippen molar-refractivity contribution < 1.29 is 27.3 Å². The first-order chi connectivity index (χ1) is 10.3. The summed E-state index contributed by atoms with van der Waals surface area (Å²) in [4.78, 5) is 27.5. The average Bonchev–Trinajstić information content (AvgIpc) is 3.06. The molecule has 0 spiro atoms. The van der Waals surface area contributed by atoms with Crippen molar-refractivity contribution in [1.82, 2.24) is 20.4 Å². The van der Waals surface area contributed by atoms with Crippen LogP contribution in [0.1, 0.15) is 24.6 Å². The minimum Gasteiger partial charge on any atom is -0.354 e. The fourth-order valence-electron chi connectivity index (χ4n) is 2.19. The van der Waals surface area contributed by atoms with E-state index < -0.39 is 30.0 Å². The number of carbonyl (C=O) groups excluding carboxylic acids is 2. The van der Waals surface area contributed by atoms with Crippen LogP contribution in [0.25, 0.3) is 0 Å². The molecular formula is C11H14F3N5O3. The van der Waals surface area contributed by atoms with Crippen LogP contribution in [0.3, 0.4) is 0 Å². The van der Waals surface area contributed by atoms with E-state index >= 15 is 0 Å². The van der Waals surface area contributed by atoms with Gasteiger partial charge in [-0.3, -0.25) is 4.79 Å². The normalized spacial score (nSPS) is 18.5. The molecule has 1 aromatic heterocycles. The van der Waals surface area contributed by atoms with Crippen LogP contribution >= 0.6 is 0 Å². The molecule has 2 rings (SSSR count). The number of amides is 3. The van der Waals surface area contributed by atoms with Crippen LogP contribution < -0.4 is 11.1 Å². The second-order valence-electron chi connectivity index (χ2n) is 4.74. The molecule has 1 atom stereocenters. The van der Waals surface area contributed by atoms with Gasteiger partial charge in [0.2, 0.25) is 5.91 Å². The summed E-state index contributed by atoms with van der Waals surface area (Å²) in [6.45, 7) is 0.436. The summed E-state index contributed by atoms with van der Waals surface area (Å²) in [5.74, 6) is -1.99. The van der Waals surface area contributed by atoms with E-state index in [0.717, 1.165) is 0 Å². The van der Waals surface area contributed by atoms with Gasteiger partial charge in [0.15, 0.2) is 5.82 Å². The van der Waals surface area contributed by atoms with Crippen molar-refractivity contribution in [2.24, 2.45) is 5.73 Å². The number of nitrogens with one attached hydrogen (secondary N) is 1. The highest BCUT2D eigenvalue weighted by atomic mass is 19.4. The van der Waals surface area contributed by atoms with Crippen LogP contribution in [0, 0.1) is 0 Å². The third-order valence-electron chi connectivity index (χ3n) is 3.20. The molecule has 1 fully saturated rings. The maximum Gasteiger partial charge on any atom is 0.471 e. The Morgan fingerprint density at radius 3 is 2.77 bits per heavy atom. The van der Waals surface area contributed by atoms with E-state index in [9.17, 15) is 22.8 Å². The predicted molar refractivity (Wildman–Crippen MR) is 65.3 cm³/mol. The van der Waals surface area contributed by atoms with Gasteiger partial charge in [0.05, 0.1) is 0 Å². The van der Waals surface area contributed by atoms with Crippen LogP contribution in [0.2, 0.25) is 0 Å². The SMILES string of the molecule is NC(=O)N1CCC[C@H]1C(=O)NCCc1noc(C(F)(F)F)n1. The molecule has 2 heterocycles. The minimum absolute atomic E-state index is 0.0192. The molecule has 0 bridgehead atoms. The third-order valence-corrected chi connectivity index (χ3v) is 3.20. The number of aromatic nitrogens is 2. The summed E-state index contributed by atoms with van der Waals surface area (Å²) < 4.78 is 40.8. The zero-order valence-corrected chi connectivity index (χ0v) is 11.4. The number of rotatable bonds is 4. The lowest BCUT2D eigenvalue weighted by Crippen LogP contribution is -2.48. The van der Waals surface area contributed by atoms with Gasteiger partial charge in [-0.15, -0.1) is 0 Å². The van der Waals surface area contributed by atoms with E-state index in [0.29, 0.717) is 19.4 Å². The van der Waals surface area contributed by atoms with Gasteiger partial charge in [0.1, 0.15) is 6.04 Å². The molecule has 1 aromatic rings. The number of primary amides is 1. The number of likely N-dealkylation sites (tertiary alicyclic amines) is 1. The van der Waals surface area contributed by atoms with E-state index in [1.165, 1.54) is 4.90 Å². The van der Waals surface area contributed by atoms with Crippen molar-refractivity contribution in [3.8, 4) is 0 Å². The molecule has 8 nitrogen and oxygen atoms in total. The monoisotopic (exact) mass is 321 g/mol. The Morgan fingerprint density at radius 2 is 2.18 bits per heavy atom. The molecule has 1 aliphatic rings. The Labute approximate surface area is 122 Å². The first kappa shape index (κ1) is 16.0. The Hall–Kier alpha value is -2.33. The number of alkyl halides is 3. The lowest BCUT2D eigenvalue weighted by Gasteiger charge is -2.21. The maximum atomic E-state index is 12.3. The molecule has 0 radical (unpaired) electrons. The number of urea groups is 1. The van der Waals surface area contributed by atoms with E-state index in [1.54, 1.807) is 0 Å². The molecule has 11 heteroatoms. The summed E-state index contributed by atoms with van der Waals surface area (Å²) in [5.41, 5.74) is 5.16. The van der Waals surface area contributed by atoms with Crippen molar-refractivity contribution in [3.05, 3.63) is 11.7 Å². The standard InChI is InChI=1S/C11H14F3N5O3/c12-11(13,14)9-17-7(18-22-9)3-4-16-8(20)6-2-1-5-19(6)10(15)21/h6H,1-5H2,(H2,15,21)(H,16,20)/t6-/m0/s1. The van der Waals surface area contributed by atoms with Gasteiger partial charge < -0.3 is 20.5 Å². The molecule has 3 N–H and O–H groups in total. The highest BCUT2D eigenvalue weighted by Crippen LogP contribution is 2.27. The Bertz CT molecular complexity index is 559. The quantitative estimate of drug-likeness (QED) is 0.827. The third kappa shape index (κ3) is 3.65. The van der Waals surface area contributed by atoms with Crippen LogP contribution in [-0.4, -0.2) is 46.1 Å². The molecule has 0 saturated carbocycles. The van der Waals surface area contributed by atoms with Gasteiger partial charge in [0.25, 0.3) is 0 Å². The second kappa shape index (κ2) is 6.20. The molecule has 3 amide bonds. The van der Waals surface area contributed by atoms with Crippen LogP contribution in [0.15, 0.2) is 4.52 Å². The summed E-state index contributed by atoms with van der Waals surface area (Å²) in [6.07, 6.45) is -3.55. The molecule has 1 aliphatic heterocycles. The number of halogens is 3. The van der Waals surface area contributed by atoms with Gasteiger partial charge in [-0.1, -0.05) is 5.16 Å². The van der Waals surface area contributed by atoms with Gasteiger partial charge in [-0.2, -0.15) is 18.2 Å². The predicted octanol–water partition coefficient (Wildman–Crippen LogP) is 0.290. The molecule has 0 aliphatic carbocycles. The smallest absolute Gasteiger partial charge is 0.354 e. The first-order valence-electron chi connectivity index (χ1n) is 6.52. The topological polar surface area (TPSA) is 114 Å². The Balaban J connectivity index is 1.82. The van der Waals surface area contributed by atoms with E-state index in [-0.39, 0.29) is 18.8 Å². The van der Waals surface area contributed by atoms with E-state index in [4.69, 9.17) is 5.73 Å². The van der Waals surface area contributed by atoms with Crippen LogP contribution in [0.5, 0.6) is 0 Å². The zero-order chi connectivity index (χ0) is 16.3. The van der Waals surface area contributed by atoms with Crippen LogP contribution in [0.4, 0.5) is 18.0 Å². The lowest BCUT2D eigenvalue weighted by molar-refractivity contribution is -0.159. The fourth-order valence-corrected chi connectivity index (χ4v) is 2.19. The summed E-state index contributed by atoms with van der Waals surface area (Å²) in [7, 11) is 0. The average molecular weight is 321 g/mol. The van der Waals surface area contributed by atoms with E-state index in [2.05, 4.69) is 20.0 Å². The Morgan fingerprint density at radius 1 is 1.45 bits per heavy atom. The molecular weight excluding hydrogens is 307 g/mol. The summed E-state index contributed by atoms with van der Waals surface area (Å²) in [5, 5.41) is 5.69. The summed E-state index contributed by atoms with van der Waals surface area (Å²) >= 11 is 0. The Kier molecular flexibility index (Phi) is 4.52. The molecule has 0 aromatic carbocycles. The van der Waals surface area contributed by atoms with Crippen molar-refractivity contribution in [1.29, 1.82) is 0 Å². The second-order valence-corrected chi connectivity index (χ2v) is 4.74. The number of carbonyl (C=O) groups is 2. The van der Waals surface area contributed by atoms with Crippen molar-refractivity contribution in [2.45, 2.75) is 31.5 Å². The fraction of sp³-hybridized carbons (Fsp3) is 0.636.